The van der Waals surface area contributed by atoms with Crippen LogP contribution in [-0.4, -0.2) is 18.1 Å². The fourth-order valence-electron chi connectivity index (χ4n) is 4.36. The van der Waals surface area contributed by atoms with Gasteiger partial charge in [-0.15, -0.1) is 0 Å². The van der Waals surface area contributed by atoms with Crippen molar-refractivity contribution in [3.63, 3.8) is 0 Å². The second kappa shape index (κ2) is 8.36. The highest BCUT2D eigenvalue weighted by atomic mass is 19.1. The average Bonchev–Trinajstić information content (AvgIpc) is 3.11. The molecular formula is C24H29FN2O. The molecule has 148 valence electrons. The third-order valence-corrected chi connectivity index (χ3v) is 5.92. The van der Waals surface area contributed by atoms with E-state index in [-0.39, 0.29) is 5.82 Å². The Morgan fingerprint density at radius 2 is 1.89 bits per heavy atom. The van der Waals surface area contributed by atoms with E-state index in [9.17, 15) is 4.39 Å². The standard InChI is InChI=1S/C24H29FN2O/c1-3-4-5-6-7-17-14-22-20(15-26-17)23-19(12-13-21(25)24(23)27-22)16-8-10-18(28-2)11-9-16/h8-13,17,26-27H,3-7,14-15H2,1-2H3. The van der Waals surface area contributed by atoms with Gasteiger partial charge in [0.15, 0.2) is 0 Å². The molecule has 0 bridgehead atoms. The number of rotatable bonds is 7. The van der Waals surface area contributed by atoms with Crippen molar-refractivity contribution >= 4 is 10.9 Å². The van der Waals surface area contributed by atoms with E-state index in [1.165, 1.54) is 43.4 Å². The summed E-state index contributed by atoms with van der Waals surface area (Å²) in [5.74, 6) is 0.645. The number of benzene rings is 2. The highest BCUT2D eigenvalue weighted by Crippen LogP contribution is 2.37. The Hall–Kier alpha value is -2.33. The van der Waals surface area contributed by atoms with Crippen molar-refractivity contribution in [2.24, 2.45) is 0 Å². The second-order valence-corrected chi connectivity index (χ2v) is 7.79. The number of hydrogen-bond donors (Lipinski definition) is 2. The topological polar surface area (TPSA) is 37.0 Å². The van der Waals surface area contributed by atoms with E-state index in [1.54, 1.807) is 13.2 Å². The van der Waals surface area contributed by atoms with Gasteiger partial charge in [0.05, 0.1) is 12.6 Å². The number of hydrogen-bond acceptors (Lipinski definition) is 2. The lowest BCUT2D eigenvalue weighted by molar-refractivity contribution is 0.415. The van der Waals surface area contributed by atoms with E-state index in [0.717, 1.165) is 35.2 Å². The summed E-state index contributed by atoms with van der Waals surface area (Å²) in [4.78, 5) is 3.41. The van der Waals surface area contributed by atoms with Crippen molar-refractivity contribution in [1.29, 1.82) is 0 Å². The predicted octanol–water partition coefficient (Wildman–Crippen LogP) is 5.97. The van der Waals surface area contributed by atoms with Gasteiger partial charge in [0.2, 0.25) is 0 Å². The third-order valence-electron chi connectivity index (χ3n) is 5.92. The van der Waals surface area contributed by atoms with Crippen LogP contribution in [0.15, 0.2) is 36.4 Å². The molecule has 1 atom stereocenters. The molecule has 0 radical (unpaired) electrons. The minimum atomic E-state index is -0.179. The van der Waals surface area contributed by atoms with Gasteiger partial charge in [-0.25, -0.2) is 4.39 Å². The van der Waals surface area contributed by atoms with Gasteiger partial charge in [-0.3, -0.25) is 0 Å². The first-order valence-electron chi connectivity index (χ1n) is 10.4. The Labute approximate surface area is 166 Å². The lowest BCUT2D eigenvalue weighted by atomic mass is 9.93. The average molecular weight is 381 g/mol. The van der Waals surface area contributed by atoms with Gasteiger partial charge in [-0.2, -0.15) is 0 Å². The van der Waals surface area contributed by atoms with Crippen LogP contribution in [0.25, 0.3) is 22.0 Å². The maximum absolute atomic E-state index is 14.6. The Morgan fingerprint density at radius 3 is 2.64 bits per heavy atom. The molecule has 3 aromatic rings. The van der Waals surface area contributed by atoms with Crippen LogP contribution in [0.5, 0.6) is 5.75 Å². The molecule has 0 fully saturated rings. The first-order chi connectivity index (χ1) is 13.7. The number of halogens is 1. The molecule has 1 unspecified atom stereocenters. The number of aromatic amines is 1. The van der Waals surface area contributed by atoms with E-state index in [4.69, 9.17) is 4.74 Å². The lowest BCUT2D eigenvalue weighted by Crippen LogP contribution is -2.35. The highest BCUT2D eigenvalue weighted by Gasteiger charge is 2.24. The van der Waals surface area contributed by atoms with E-state index in [1.807, 2.05) is 30.3 Å². The number of nitrogens with one attached hydrogen (secondary N) is 2. The van der Waals surface area contributed by atoms with Crippen molar-refractivity contribution < 1.29 is 9.13 Å². The van der Waals surface area contributed by atoms with Gasteiger partial charge in [-0.05, 0) is 41.3 Å². The monoisotopic (exact) mass is 380 g/mol. The van der Waals surface area contributed by atoms with Crippen LogP contribution in [0.1, 0.15) is 50.3 Å². The number of ether oxygens (including phenoxy) is 1. The summed E-state index contributed by atoms with van der Waals surface area (Å²) in [7, 11) is 1.66. The molecule has 2 N–H and O–H groups in total. The molecule has 0 spiro atoms. The van der Waals surface area contributed by atoms with Gasteiger partial charge in [0, 0.05) is 30.1 Å². The molecule has 0 saturated carbocycles. The fraction of sp³-hybridized carbons (Fsp3) is 0.417. The summed E-state index contributed by atoms with van der Waals surface area (Å²) in [6.45, 7) is 3.03. The number of H-pyrrole nitrogens is 1. The Bertz CT molecular complexity index is 945. The minimum Gasteiger partial charge on any atom is -0.497 e. The van der Waals surface area contributed by atoms with E-state index in [0.29, 0.717) is 11.6 Å². The summed E-state index contributed by atoms with van der Waals surface area (Å²) in [6, 6.07) is 11.9. The summed E-state index contributed by atoms with van der Waals surface area (Å²) < 4.78 is 19.9. The number of aromatic nitrogens is 1. The number of fused-ring (bicyclic) bond motifs is 3. The molecule has 0 amide bonds. The van der Waals surface area contributed by atoms with Gasteiger partial charge in [-0.1, -0.05) is 50.8 Å². The maximum atomic E-state index is 14.6. The zero-order chi connectivity index (χ0) is 19.5. The molecule has 0 saturated heterocycles. The molecule has 1 aliphatic rings. The predicted molar refractivity (Wildman–Crippen MR) is 113 cm³/mol. The molecule has 2 aromatic carbocycles. The molecule has 1 aromatic heterocycles. The summed E-state index contributed by atoms with van der Waals surface area (Å²) in [5.41, 5.74) is 5.18. The molecule has 4 rings (SSSR count). The lowest BCUT2D eigenvalue weighted by Gasteiger charge is -2.24. The van der Waals surface area contributed by atoms with Gasteiger partial charge in [0.25, 0.3) is 0 Å². The van der Waals surface area contributed by atoms with Crippen molar-refractivity contribution in [3.8, 4) is 16.9 Å². The van der Waals surface area contributed by atoms with E-state index in [2.05, 4.69) is 17.2 Å². The zero-order valence-electron chi connectivity index (χ0n) is 16.8. The van der Waals surface area contributed by atoms with Crippen molar-refractivity contribution in [1.82, 2.24) is 10.3 Å². The Kier molecular flexibility index (Phi) is 5.67. The van der Waals surface area contributed by atoms with Gasteiger partial charge in [0.1, 0.15) is 11.6 Å². The van der Waals surface area contributed by atoms with Crippen molar-refractivity contribution in [2.75, 3.05) is 7.11 Å². The molecular weight excluding hydrogens is 351 g/mol. The summed E-state index contributed by atoms with van der Waals surface area (Å²) in [6.07, 6.45) is 7.25. The van der Waals surface area contributed by atoms with E-state index < -0.39 is 0 Å². The van der Waals surface area contributed by atoms with Crippen LogP contribution in [0.4, 0.5) is 4.39 Å². The zero-order valence-corrected chi connectivity index (χ0v) is 16.8. The van der Waals surface area contributed by atoms with Crippen LogP contribution >= 0.6 is 0 Å². The van der Waals surface area contributed by atoms with Crippen LogP contribution in [0.3, 0.4) is 0 Å². The van der Waals surface area contributed by atoms with E-state index >= 15 is 0 Å². The molecule has 3 nitrogen and oxygen atoms in total. The van der Waals surface area contributed by atoms with Gasteiger partial charge >= 0.3 is 0 Å². The van der Waals surface area contributed by atoms with Crippen molar-refractivity contribution in [3.05, 3.63) is 53.5 Å². The smallest absolute Gasteiger partial charge is 0.147 e. The minimum absolute atomic E-state index is 0.179. The SMILES string of the molecule is CCCCCCC1Cc2[nH]c3c(F)ccc(-c4ccc(OC)cc4)c3c2CN1. The quantitative estimate of drug-likeness (QED) is 0.496. The summed E-state index contributed by atoms with van der Waals surface area (Å²) >= 11 is 0. The van der Waals surface area contributed by atoms with Crippen molar-refractivity contribution in [2.45, 2.75) is 58.0 Å². The number of unbranched alkanes of at least 4 members (excludes halogenated alkanes) is 3. The first kappa shape index (κ1) is 19.0. The second-order valence-electron chi connectivity index (χ2n) is 7.79. The van der Waals surface area contributed by atoms with Gasteiger partial charge < -0.3 is 15.0 Å². The van der Waals surface area contributed by atoms with Crippen LogP contribution in [0, 0.1) is 5.82 Å². The largest absolute Gasteiger partial charge is 0.497 e. The molecule has 2 heterocycles. The Balaban J connectivity index is 1.65. The molecule has 4 heteroatoms. The van der Waals surface area contributed by atoms with Crippen LogP contribution in [-0.2, 0) is 13.0 Å². The maximum Gasteiger partial charge on any atom is 0.147 e. The normalized spacial score (nSPS) is 16.3. The number of methoxy groups -OCH3 is 1. The summed E-state index contributed by atoms with van der Waals surface area (Å²) in [5, 5.41) is 4.70. The van der Waals surface area contributed by atoms with Crippen LogP contribution in [0.2, 0.25) is 0 Å². The first-order valence-corrected chi connectivity index (χ1v) is 10.4. The molecule has 28 heavy (non-hydrogen) atoms. The third kappa shape index (κ3) is 3.66. The molecule has 0 aliphatic carbocycles. The highest BCUT2D eigenvalue weighted by molar-refractivity contribution is 5.99. The fourth-order valence-corrected chi connectivity index (χ4v) is 4.36. The van der Waals surface area contributed by atoms with Crippen LogP contribution < -0.4 is 10.1 Å². The Morgan fingerprint density at radius 1 is 1.07 bits per heavy atom. The molecule has 1 aliphatic heterocycles.